The Kier molecular flexibility index (Phi) is 9.57. The molecular weight excluding hydrogens is 785 g/mol. The third-order valence-corrected chi connectivity index (χ3v) is 13.3. The topological polar surface area (TPSA) is 9.86 Å². The minimum absolute atomic E-state index is 1.12. The van der Waals surface area contributed by atoms with Crippen molar-refractivity contribution in [3.63, 3.8) is 0 Å². The first kappa shape index (κ1) is 38.5. The summed E-state index contributed by atoms with van der Waals surface area (Å²) in [6, 6.07) is 87.0. The fourth-order valence-corrected chi connectivity index (χ4v) is 10.1. The molecule has 10 aromatic carbocycles. The molecule has 0 bridgehead atoms. The minimum Gasteiger partial charge on any atom is -0.309 e. The molecule has 0 N–H and O–H groups in total. The van der Waals surface area contributed by atoms with Gasteiger partial charge in [-0.15, -0.1) is 0 Å². The summed E-state index contributed by atoms with van der Waals surface area (Å²) in [7, 11) is 0. The highest BCUT2D eigenvalue weighted by Crippen LogP contribution is 2.40. The van der Waals surface area contributed by atoms with E-state index in [1.54, 1.807) is 0 Å². The van der Waals surface area contributed by atoms with Crippen LogP contribution in [0.15, 0.2) is 237 Å². The Bertz CT molecular complexity index is 3680. The molecule has 0 atom stereocenters. The lowest BCUT2D eigenvalue weighted by molar-refractivity contribution is 0.922. The van der Waals surface area contributed by atoms with Gasteiger partial charge >= 0.3 is 0 Å². The molecule has 0 fully saturated rings. The van der Waals surface area contributed by atoms with Crippen LogP contribution >= 0.6 is 0 Å². The number of fused-ring (bicyclic) bond motifs is 6. The van der Waals surface area contributed by atoms with Crippen LogP contribution in [0, 0.1) is 0 Å². The molecule has 0 amide bonds. The van der Waals surface area contributed by atoms with Crippen molar-refractivity contribution >= 4 is 43.6 Å². The maximum absolute atomic E-state index is 2.42. The summed E-state index contributed by atoms with van der Waals surface area (Å²) < 4.78 is 4.83. The van der Waals surface area contributed by atoms with Gasteiger partial charge in [0.15, 0.2) is 0 Å². The third-order valence-electron chi connectivity index (χ3n) is 13.3. The van der Waals surface area contributed by atoms with Gasteiger partial charge in [0.1, 0.15) is 0 Å². The van der Waals surface area contributed by atoms with Crippen molar-refractivity contribution in [2.75, 3.05) is 0 Å². The zero-order chi connectivity index (χ0) is 43.3. The van der Waals surface area contributed by atoms with Crippen LogP contribution in [0.4, 0.5) is 0 Å². The summed E-state index contributed by atoms with van der Waals surface area (Å²) in [4.78, 5) is 0. The Balaban J connectivity index is 0.895. The first-order valence-corrected chi connectivity index (χ1v) is 22.8. The molecule has 2 aromatic heterocycles. The molecule has 0 spiro atoms. The van der Waals surface area contributed by atoms with Crippen LogP contribution < -0.4 is 0 Å². The third kappa shape index (κ3) is 6.83. The summed E-state index contributed by atoms with van der Waals surface area (Å²) in [6.07, 6.45) is 2.29. The Hall–Kier alpha value is -8.20. The first-order valence-electron chi connectivity index (χ1n) is 22.8. The van der Waals surface area contributed by atoms with Gasteiger partial charge in [-0.3, -0.25) is 0 Å². The lowest BCUT2D eigenvalue weighted by atomic mass is 9.94. The van der Waals surface area contributed by atoms with Gasteiger partial charge in [0.25, 0.3) is 0 Å². The van der Waals surface area contributed by atoms with Crippen LogP contribution in [0.3, 0.4) is 0 Å². The van der Waals surface area contributed by atoms with Gasteiger partial charge in [0, 0.05) is 32.9 Å². The van der Waals surface area contributed by atoms with Gasteiger partial charge in [0.2, 0.25) is 0 Å². The van der Waals surface area contributed by atoms with Gasteiger partial charge in [-0.2, -0.15) is 0 Å². The van der Waals surface area contributed by atoms with E-state index >= 15 is 0 Å². The fourth-order valence-electron chi connectivity index (χ4n) is 10.1. The molecule has 0 radical (unpaired) electrons. The Morgan fingerprint density at radius 2 is 0.692 bits per heavy atom. The second-order valence-corrected chi connectivity index (χ2v) is 17.2. The highest BCUT2D eigenvalue weighted by Gasteiger charge is 2.17. The zero-order valence-electron chi connectivity index (χ0n) is 36.3. The van der Waals surface area contributed by atoms with Gasteiger partial charge in [-0.05, 0) is 128 Å². The van der Waals surface area contributed by atoms with Crippen LogP contribution in [-0.4, -0.2) is 9.13 Å². The zero-order valence-corrected chi connectivity index (χ0v) is 36.3. The molecule has 65 heavy (non-hydrogen) atoms. The minimum atomic E-state index is 1.12. The molecule has 308 valence electrons. The number of nitrogens with zero attached hydrogens (tertiary/aromatic N) is 2. The van der Waals surface area contributed by atoms with E-state index in [2.05, 4.69) is 253 Å². The Morgan fingerprint density at radius 1 is 0.277 bits per heavy atom. The molecule has 2 heteroatoms. The maximum Gasteiger partial charge on any atom is 0.0541 e. The summed E-state index contributed by atoms with van der Waals surface area (Å²) in [6.45, 7) is 2.23. The average molecular weight is 831 g/mol. The fraction of sp³-hybridized carbons (Fsp3) is 0.0476. The van der Waals surface area contributed by atoms with Crippen LogP contribution in [0.2, 0.25) is 0 Å². The molecular formula is C63H46N2. The second-order valence-electron chi connectivity index (χ2n) is 17.2. The number of hydrogen-bond acceptors (Lipinski definition) is 0. The van der Waals surface area contributed by atoms with E-state index in [-0.39, 0.29) is 0 Å². The summed E-state index contributed by atoms with van der Waals surface area (Å²) in [5, 5.41) is 4.98. The van der Waals surface area contributed by atoms with E-state index in [1.165, 1.54) is 105 Å². The Labute approximate surface area is 379 Å². The SMILES string of the molecule is CCCc1ccc(-c2ccc(-c3cccc(-n4c5ccccc5c5cc(-c6ccc7c(c6)c6ccccc6n7-c6ccc(-c7ccccc7-c7ccccc7)cc6)ccc54)c3)cc2)cc1. The summed E-state index contributed by atoms with van der Waals surface area (Å²) >= 11 is 0. The van der Waals surface area contributed by atoms with Crippen LogP contribution in [-0.2, 0) is 6.42 Å². The summed E-state index contributed by atoms with van der Waals surface area (Å²) in [5.41, 5.74) is 20.7. The number of hydrogen-bond donors (Lipinski definition) is 0. The van der Waals surface area contributed by atoms with E-state index < -0.39 is 0 Å². The molecule has 2 heterocycles. The normalized spacial score (nSPS) is 11.6. The van der Waals surface area contributed by atoms with E-state index in [9.17, 15) is 0 Å². The van der Waals surface area contributed by atoms with Gasteiger partial charge in [-0.1, -0.05) is 189 Å². The molecule has 0 aliphatic rings. The lowest BCUT2D eigenvalue weighted by Crippen LogP contribution is -1.94. The molecule has 2 nitrogen and oxygen atoms in total. The van der Waals surface area contributed by atoms with Gasteiger partial charge in [-0.25, -0.2) is 0 Å². The van der Waals surface area contributed by atoms with Crippen molar-refractivity contribution in [3.05, 3.63) is 242 Å². The molecule has 12 rings (SSSR count). The standard InChI is InChI=1S/C63H46N2/c1-2-13-43-24-26-44(27-25-43)45-28-30-46(31-29-45)49-16-12-17-53(40-49)65-61-23-11-9-21-57(61)59-42-51(35-39-63(59)65)50-34-38-62-58(41-50)56-20-8-10-22-60(56)64(62)52-36-32-48(33-37-52)55-19-7-6-18-54(55)47-14-4-3-5-15-47/h3-12,14-42H,2,13H2,1H3. The van der Waals surface area contributed by atoms with Gasteiger partial charge < -0.3 is 9.13 Å². The first-order chi connectivity index (χ1) is 32.2. The highest BCUT2D eigenvalue weighted by molar-refractivity contribution is 6.12. The smallest absolute Gasteiger partial charge is 0.0541 e. The highest BCUT2D eigenvalue weighted by atomic mass is 15.0. The quantitative estimate of drug-likeness (QED) is 0.137. The van der Waals surface area contributed by atoms with Crippen LogP contribution in [0.25, 0.3) is 111 Å². The second kappa shape index (κ2) is 16.2. The molecule has 0 aliphatic carbocycles. The number of aryl methyl sites for hydroxylation is 1. The van der Waals surface area contributed by atoms with E-state index in [1.807, 2.05) is 0 Å². The molecule has 0 unspecified atom stereocenters. The van der Waals surface area contributed by atoms with Crippen molar-refractivity contribution < 1.29 is 0 Å². The number of para-hydroxylation sites is 2. The number of aromatic nitrogens is 2. The van der Waals surface area contributed by atoms with Crippen LogP contribution in [0.5, 0.6) is 0 Å². The lowest BCUT2D eigenvalue weighted by Gasteiger charge is -2.13. The van der Waals surface area contributed by atoms with E-state index in [4.69, 9.17) is 0 Å². The van der Waals surface area contributed by atoms with Crippen molar-refractivity contribution in [2.45, 2.75) is 19.8 Å². The summed E-state index contributed by atoms with van der Waals surface area (Å²) in [5.74, 6) is 0. The predicted molar refractivity (Wildman–Crippen MR) is 276 cm³/mol. The van der Waals surface area contributed by atoms with E-state index in [0.29, 0.717) is 0 Å². The van der Waals surface area contributed by atoms with Crippen molar-refractivity contribution in [2.24, 2.45) is 0 Å². The van der Waals surface area contributed by atoms with Crippen molar-refractivity contribution in [3.8, 4) is 67.0 Å². The average Bonchev–Trinajstić information content (AvgIpc) is 3.89. The molecule has 0 aliphatic heterocycles. The predicted octanol–water partition coefficient (Wildman–Crippen LogP) is 17.2. The number of rotatable bonds is 9. The number of benzene rings is 10. The maximum atomic E-state index is 2.42. The Morgan fingerprint density at radius 3 is 1.28 bits per heavy atom. The van der Waals surface area contributed by atoms with Crippen LogP contribution in [0.1, 0.15) is 18.9 Å². The molecule has 12 aromatic rings. The van der Waals surface area contributed by atoms with E-state index in [0.717, 1.165) is 24.2 Å². The van der Waals surface area contributed by atoms with Gasteiger partial charge in [0.05, 0.1) is 22.1 Å². The molecule has 0 saturated carbocycles. The largest absolute Gasteiger partial charge is 0.309 e. The molecule has 0 saturated heterocycles. The monoisotopic (exact) mass is 830 g/mol. The van der Waals surface area contributed by atoms with Crippen molar-refractivity contribution in [1.82, 2.24) is 9.13 Å². The van der Waals surface area contributed by atoms with Crippen molar-refractivity contribution in [1.29, 1.82) is 0 Å².